The van der Waals surface area contributed by atoms with Crippen molar-refractivity contribution in [3.05, 3.63) is 34.1 Å². The molecule has 3 rings (SSSR count). The van der Waals surface area contributed by atoms with Gasteiger partial charge in [0, 0.05) is 29.2 Å². The fraction of sp³-hybridized carbons (Fsp3) is 0.571. The number of hydrogen-bond donors (Lipinski definition) is 1. The van der Waals surface area contributed by atoms with Gasteiger partial charge < -0.3 is 14.6 Å². The van der Waals surface area contributed by atoms with Crippen LogP contribution < -0.4 is 5.32 Å². The molecular weight excluding hydrogens is 374 g/mol. The third-order valence-corrected chi connectivity index (χ3v) is 6.45. The summed E-state index contributed by atoms with van der Waals surface area (Å²) in [6, 6.07) is 1.92. The maximum Gasteiger partial charge on any atom is 0.339 e. The highest BCUT2D eigenvalue weighted by Gasteiger charge is 2.28. The van der Waals surface area contributed by atoms with E-state index in [1.54, 1.807) is 0 Å². The number of rotatable bonds is 6. The number of thiazole rings is 1. The van der Waals surface area contributed by atoms with Crippen LogP contribution in [0.1, 0.15) is 60.0 Å². The predicted octanol–water partition coefficient (Wildman–Crippen LogP) is 4.49. The van der Waals surface area contributed by atoms with Crippen LogP contribution in [-0.2, 0) is 16.1 Å². The lowest BCUT2D eigenvalue weighted by molar-refractivity contribution is -0.121. The zero-order chi connectivity index (χ0) is 20.3. The molecule has 0 saturated heterocycles. The van der Waals surface area contributed by atoms with Gasteiger partial charge in [-0.05, 0) is 65.4 Å². The highest BCUT2D eigenvalue weighted by atomic mass is 32.1. The molecule has 0 spiro atoms. The predicted molar refractivity (Wildman–Crippen MR) is 111 cm³/mol. The summed E-state index contributed by atoms with van der Waals surface area (Å²) < 4.78 is 7.37. The van der Waals surface area contributed by atoms with E-state index in [-0.39, 0.29) is 17.8 Å². The topological polar surface area (TPSA) is 73.2 Å². The van der Waals surface area contributed by atoms with Crippen LogP contribution in [-0.4, -0.2) is 28.0 Å². The zero-order valence-electron chi connectivity index (χ0n) is 17.1. The molecule has 1 aliphatic carbocycles. The van der Waals surface area contributed by atoms with Gasteiger partial charge in [0.1, 0.15) is 0 Å². The van der Waals surface area contributed by atoms with Crippen LogP contribution in [0, 0.1) is 32.6 Å². The average Bonchev–Trinajstić information content (AvgIpc) is 3.20. The maximum absolute atomic E-state index is 12.5. The number of aromatic nitrogens is 2. The van der Waals surface area contributed by atoms with E-state index < -0.39 is 0 Å². The molecule has 6 nitrogen and oxygen atoms in total. The number of nitrogens with one attached hydrogen (secondary N) is 1. The first-order valence-corrected chi connectivity index (χ1v) is 10.8. The summed E-state index contributed by atoms with van der Waals surface area (Å²) in [5, 5.41) is 5.59. The first-order valence-electron chi connectivity index (χ1n) is 9.95. The van der Waals surface area contributed by atoms with E-state index in [2.05, 4.69) is 14.9 Å². The van der Waals surface area contributed by atoms with Crippen LogP contribution >= 0.6 is 11.3 Å². The van der Waals surface area contributed by atoms with Gasteiger partial charge in [-0.25, -0.2) is 9.78 Å². The molecule has 0 aromatic carbocycles. The maximum atomic E-state index is 12.5. The summed E-state index contributed by atoms with van der Waals surface area (Å²) in [6.45, 7) is 9.03. The monoisotopic (exact) mass is 403 g/mol. The summed E-state index contributed by atoms with van der Waals surface area (Å²) >= 11 is 1.47. The van der Waals surface area contributed by atoms with Gasteiger partial charge >= 0.3 is 5.97 Å². The normalized spacial score (nSPS) is 19.4. The number of carbonyl (C=O) groups excluding carboxylic acids is 2. The number of carbonyl (C=O) groups is 2. The highest BCUT2D eigenvalue weighted by molar-refractivity contribution is 7.13. The molecule has 0 aliphatic heterocycles. The van der Waals surface area contributed by atoms with Crippen molar-refractivity contribution in [2.45, 2.75) is 59.9 Å². The van der Waals surface area contributed by atoms with Crippen LogP contribution in [0.25, 0.3) is 0 Å². The molecule has 1 saturated carbocycles. The van der Waals surface area contributed by atoms with Gasteiger partial charge in [0.2, 0.25) is 5.91 Å². The van der Waals surface area contributed by atoms with Crippen molar-refractivity contribution in [3.63, 3.8) is 0 Å². The molecule has 1 N–H and O–H groups in total. The van der Waals surface area contributed by atoms with Gasteiger partial charge in [0.05, 0.1) is 17.9 Å². The quantitative estimate of drug-likeness (QED) is 0.721. The van der Waals surface area contributed by atoms with Crippen molar-refractivity contribution < 1.29 is 14.3 Å². The standard InChI is InChI=1S/C21H29N3O3S/c1-5-27-20(26)18-10-14(3)24(15(18)4)11-16-6-8-17(9-7-16)19(25)23-21-22-13(2)12-28-21/h10,12,16-17H,5-9,11H2,1-4H3,(H,22,23,25). The van der Waals surface area contributed by atoms with Crippen molar-refractivity contribution >= 4 is 28.3 Å². The number of anilines is 1. The molecule has 0 unspecified atom stereocenters. The molecule has 2 aromatic heterocycles. The smallest absolute Gasteiger partial charge is 0.339 e. The van der Waals surface area contributed by atoms with Gasteiger partial charge in [0.25, 0.3) is 0 Å². The highest BCUT2D eigenvalue weighted by Crippen LogP contribution is 2.32. The Hall–Kier alpha value is -2.15. The number of hydrogen-bond acceptors (Lipinski definition) is 5. The lowest BCUT2D eigenvalue weighted by Gasteiger charge is -2.28. The minimum Gasteiger partial charge on any atom is -0.462 e. The second-order valence-electron chi connectivity index (χ2n) is 7.62. The lowest BCUT2D eigenvalue weighted by atomic mass is 9.81. The molecule has 1 fully saturated rings. The van der Waals surface area contributed by atoms with Crippen LogP contribution in [0.15, 0.2) is 11.4 Å². The second kappa shape index (κ2) is 8.90. The largest absolute Gasteiger partial charge is 0.462 e. The SMILES string of the molecule is CCOC(=O)c1cc(C)n(CC2CCC(C(=O)Nc3nc(C)cs3)CC2)c1C. The van der Waals surface area contributed by atoms with Crippen LogP contribution in [0.4, 0.5) is 5.13 Å². The summed E-state index contributed by atoms with van der Waals surface area (Å²) in [7, 11) is 0. The van der Waals surface area contributed by atoms with Crippen molar-refractivity contribution in [1.82, 2.24) is 9.55 Å². The Balaban J connectivity index is 1.56. The first kappa shape index (κ1) is 20.6. The molecule has 2 aromatic rings. The third-order valence-electron chi connectivity index (χ3n) is 5.58. The summed E-state index contributed by atoms with van der Waals surface area (Å²) in [5.74, 6) is 0.416. The number of aryl methyl sites for hydroxylation is 2. The molecule has 1 aliphatic rings. The van der Waals surface area contributed by atoms with Crippen LogP contribution in [0.3, 0.4) is 0 Å². The summed E-state index contributed by atoms with van der Waals surface area (Å²) in [6.07, 6.45) is 3.82. The summed E-state index contributed by atoms with van der Waals surface area (Å²) in [4.78, 5) is 28.9. The van der Waals surface area contributed by atoms with E-state index in [0.717, 1.165) is 49.3 Å². The average molecular weight is 404 g/mol. The van der Waals surface area contributed by atoms with Crippen molar-refractivity contribution in [3.8, 4) is 0 Å². The minimum atomic E-state index is -0.250. The van der Waals surface area contributed by atoms with E-state index in [1.807, 2.05) is 39.1 Å². The van der Waals surface area contributed by atoms with E-state index in [9.17, 15) is 9.59 Å². The third kappa shape index (κ3) is 4.63. The molecule has 152 valence electrons. The molecule has 0 radical (unpaired) electrons. The molecular formula is C21H29N3O3S. The molecule has 1 amide bonds. The Labute approximate surface area is 170 Å². The Morgan fingerprint density at radius 3 is 2.57 bits per heavy atom. The van der Waals surface area contributed by atoms with Gasteiger partial charge in [-0.1, -0.05) is 0 Å². The van der Waals surface area contributed by atoms with E-state index in [0.29, 0.717) is 23.2 Å². The minimum absolute atomic E-state index is 0.0578. The summed E-state index contributed by atoms with van der Waals surface area (Å²) in [5.41, 5.74) is 3.64. The molecule has 7 heteroatoms. The molecule has 2 heterocycles. The fourth-order valence-corrected chi connectivity index (χ4v) is 4.67. The zero-order valence-corrected chi connectivity index (χ0v) is 17.9. The van der Waals surface area contributed by atoms with Gasteiger partial charge in [-0.2, -0.15) is 0 Å². The van der Waals surface area contributed by atoms with E-state index >= 15 is 0 Å². The Bertz CT molecular complexity index is 847. The molecule has 28 heavy (non-hydrogen) atoms. The Kier molecular flexibility index (Phi) is 6.54. The van der Waals surface area contributed by atoms with Crippen LogP contribution in [0.5, 0.6) is 0 Å². The molecule has 0 bridgehead atoms. The number of amides is 1. The number of ether oxygens (including phenoxy) is 1. The number of nitrogens with zero attached hydrogens (tertiary/aromatic N) is 2. The van der Waals surface area contributed by atoms with Crippen molar-refractivity contribution in [2.75, 3.05) is 11.9 Å². The van der Waals surface area contributed by atoms with Gasteiger partial charge in [0.15, 0.2) is 5.13 Å². The number of esters is 1. The van der Waals surface area contributed by atoms with E-state index in [1.165, 1.54) is 11.3 Å². The lowest BCUT2D eigenvalue weighted by Crippen LogP contribution is -2.28. The second-order valence-corrected chi connectivity index (χ2v) is 8.47. The fourth-order valence-electron chi connectivity index (χ4n) is 3.98. The van der Waals surface area contributed by atoms with Crippen molar-refractivity contribution in [2.24, 2.45) is 11.8 Å². The Morgan fingerprint density at radius 1 is 1.25 bits per heavy atom. The van der Waals surface area contributed by atoms with E-state index in [4.69, 9.17) is 4.74 Å². The molecule has 0 atom stereocenters. The Morgan fingerprint density at radius 2 is 1.96 bits per heavy atom. The first-order chi connectivity index (χ1) is 13.4. The van der Waals surface area contributed by atoms with Gasteiger partial charge in [-0.3, -0.25) is 4.79 Å². The van der Waals surface area contributed by atoms with Crippen molar-refractivity contribution in [1.29, 1.82) is 0 Å². The van der Waals surface area contributed by atoms with Gasteiger partial charge in [-0.15, -0.1) is 11.3 Å². The van der Waals surface area contributed by atoms with Crippen LogP contribution in [0.2, 0.25) is 0 Å².